The molecule has 1 aliphatic rings. The number of benzene rings is 1. The van der Waals surface area contributed by atoms with Crippen LogP contribution in [0.5, 0.6) is 5.75 Å². The van der Waals surface area contributed by atoms with Gasteiger partial charge < -0.3 is 19.9 Å². The number of fused-ring (bicyclic) bond motifs is 1. The van der Waals surface area contributed by atoms with Crippen molar-refractivity contribution in [1.29, 1.82) is 5.26 Å². The lowest BCUT2D eigenvalue weighted by Crippen LogP contribution is -2.34. The predicted molar refractivity (Wildman–Crippen MR) is 107 cm³/mol. The lowest BCUT2D eigenvalue weighted by atomic mass is 9.79. The Labute approximate surface area is 171 Å². The Morgan fingerprint density at radius 3 is 2.48 bits per heavy atom. The molecule has 0 amide bonds. The van der Waals surface area contributed by atoms with Crippen molar-refractivity contribution in [2.45, 2.75) is 52.4 Å². The summed E-state index contributed by atoms with van der Waals surface area (Å²) in [5, 5.41) is 9.79. The number of aryl methyl sites for hydroxylation is 1. The minimum absolute atomic E-state index is 0.0156. The molecule has 0 aliphatic carbocycles. The van der Waals surface area contributed by atoms with Gasteiger partial charge in [0, 0.05) is 5.56 Å². The molecule has 1 aliphatic heterocycles. The van der Waals surface area contributed by atoms with E-state index in [1.165, 1.54) is 0 Å². The van der Waals surface area contributed by atoms with E-state index in [1.54, 1.807) is 12.1 Å². The zero-order chi connectivity index (χ0) is 21.4. The third-order valence-corrected chi connectivity index (χ3v) is 4.72. The normalized spacial score (nSPS) is 16.3. The fourth-order valence-electron chi connectivity index (χ4n) is 3.12. The Morgan fingerprint density at radius 1 is 1.21 bits per heavy atom. The highest BCUT2D eigenvalue weighted by molar-refractivity contribution is 5.93. The minimum atomic E-state index is -1.25. The van der Waals surface area contributed by atoms with Crippen LogP contribution in [0.4, 0.5) is 0 Å². The second-order valence-electron chi connectivity index (χ2n) is 7.02. The largest absolute Gasteiger partial charge is 0.465 e. The maximum Gasteiger partial charge on any atom is 0.340 e. The third-order valence-electron chi connectivity index (χ3n) is 4.72. The van der Waals surface area contributed by atoms with Crippen molar-refractivity contribution in [3.8, 4) is 11.8 Å². The van der Waals surface area contributed by atoms with Crippen LogP contribution >= 0.6 is 0 Å². The van der Waals surface area contributed by atoms with Crippen molar-refractivity contribution in [3.05, 3.63) is 40.8 Å². The number of nitrogens with two attached hydrogens (primary N) is 1. The van der Waals surface area contributed by atoms with Gasteiger partial charge in [-0.05, 0) is 25.8 Å². The summed E-state index contributed by atoms with van der Waals surface area (Å²) in [6.45, 7) is 6.26. The molecule has 0 bridgehead atoms. The number of hydrogen-bond acceptors (Lipinski definition) is 7. The van der Waals surface area contributed by atoms with Crippen LogP contribution in [0.25, 0.3) is 0 Å². The van der Waals surface area contributed by atoms with Crippen LogP contribution in [0.2, 0.25) is 0 Å². The van der Waals surface area contributed by atoms with E-state index in [2.05, 4.69) is 0 Å². The maximum absolute atomic E-state index is 12.8. The molecule has 0 fully saturated rings. The highest BCUT2D eigenvalue weighted by atomic mass is 16.5. The molecule has 1 aromatic carbocycles. The monoisotopic (exact) mass is 400 g/mol. The molecule has 0 saturated carbocycles. The minimum Gasteiger partial charge on any atom is -0.465 e. The van der Waals surface area contributed by atoms with Crippen molar-refractivity contribution in [2.24, 2.45) is 11.7 Å². The number of rotatable bonds is 9. The van der Waals surface area contributed by atoms with Gasteiger partial charge in [-0.1, -0.05) is 44.4 Å². The van der Waals surface area contributed by atoms with Gasteiger partial charge >= 0.3 is 11.9 Å². The van der Waals surface area contributed by atoms with Crippen LogP contribution in [0.3, 0.4) is 0 Å². The van der Waals surface area contributed by atoms with E-state index < -0.39 is 23.8 Å². The maximum atomic E-state index is 12.8. The second kappa shape index (κ2) is 10.5. The van der Waals surface area contributed by atoms with Gasteiger partial charge in [0.25, 0.3) is 0 Å². The predicted octanol–water partition coefficient (Wildman–Crippen LogP) is 3.47. The lowest BCUT2D eigenvalue weighted by Gasteiger charge is -2.30. The van der Waals surface area contributed by atoms with Gasteiger partial charge in [0.2, 0.25) is 5.88 Å². The van der Waals surface area contributed by atoms with Crippen molar-refractivity contribution < 1.29 is 23.8 Å². The summed E-state index contributed by atoms with van der Waals surface area (Å²) < 4.78 is 16.2. The molecule has 7 nitrogen and oxygen atoms in total. The highest BCUT2D eigenvalue weighted by Crippen LogP contribution is 2.43. The Morgan fingerprint density at radius 2 is 1.86 bits per heavy atom. The average molecular weight is 400 g/mol. The summed E-state index contributed by atoms with van der Waals surface area (Å²) in [6, 6.07) is 7.33. The van der Waals surface area contributed by atoms with Gasteiger partial charge in [0.15, 0.2) is 5.92 Å². The first-order valence-electron chi connectivity index (χ1n) is 9.95. The van der Waals surface area contributed by atoms with Gasteiger partial charge in [-0.3, -0.25) is 4.79 Å². The lowest BCUT2D eigenvalue weighted by molar-refractivity contribution is -0.147. The zero-order valence-electron chi connectivity index (χ0n) is 17.2. The molecule has 29 heavy (non-hydrogen) atoms. The summed E-state index contributed by atoms with van der Waals surface area (Å²) in [7, 11) is 0. The molecule has 0 saturated heterocycles. The van der Waals surface area contributed by atoms with E-state index in [0.29, 0.717) is 24.2 Å². The second-order valence-corrected chi connectivity index (χ2v) is 7.02. The average Bonchev–Trinajstić information content (AvgIpc) is 2.69. The van der Waals surface area contributed by atoms with Crippen molar-refractivity contribution in [2.75, 3.05) is 13.2 Å². The quantitative estimate of drug-likeness (QED) is 0.499. The molecule has 7 heteroatoms. The van der Waals surface area contributed by atoms with Crippen LogP contribution in [0.15, 0.2) is 29.7 Å². The van der Waals surface area contributed by atoms with E-state index in [9.17, 15) is 14.9 Å². The zero-order valence-corrected chi connectivity index (χ0v) is 17.2. The molecule has 2 atom stereocenters. The number of nitriles is 1. The molecule has 1 aromatic rings. The first-order chi connectivity index (χ1) is 13.9. The Bertz CT molecular complexity index is 825. The number of nitrogens with zero attached hydrogens (tertiary/aromatic N) is 1. The number of carbonyl (C=O) groups is 2. The Hall–Kier alpha value is -3.01. The number of carbonyl (C=O) groups excluding carboxylic acids is 2. The Kier molecular flexibility index (Phi) is 8.08. The van der Waals surface area contributed by atoms with Crippen LogP contribution < -0.4 is 10.5 Å². The molecule has 2 rings (SSSR count). The summed E-state index contributed by atoms with van der Waals surface area (Å²) in [6.07, 6.45) is 3.10. The number of ether oxygens (including phenoxy) is 3. The van der Waals surface area contributed by atoms with Crippen LogP contribution in [-0.2, 0) is 19.1 Å². The molecular weight excluding hydrogens is 372 g/mol. The summed E-state index contributed by atoms with van der Waals surface area (Å²) in [4.78, 5) is 25.5. The summed E-state index contributed by atoms with van der Waals surface area (Å²) in [5.41, 5.74) is 7.46. The number of esters is 2. The van der Waals surface area contributed by atoms with Crippen molar-refractivity contribution in [3.63, 3.8) is 0 Å². The van der Waals surface area contributed by atoms with E-state index in [0.717, 1.165) is 18.4 Å². The van der Waals surface area contributed by atoms with Gasteiger partial charge in [-0.25, -0.2) is 4.79 Å². The van der Waals surface area contributed by atoms with Crippen LogP contribution in [0.1, 0.15) is 56.6 Å². The fraction of sp³-hybridized carbons (Fsp3) is 0.500. The fourth-order valence-corrected chi connectivity index (χ4v) is 3.12. The summed E-state index contributed by atoms with van der Waals surface area (Å²) in [5.74, 6) is -3.29. The molecule has 0 unspecified atom stereocenters. The standard InChI is InChI=1S/C22H28N2O5/c1-4-6-10-27-21(25)16(13-23)18-15-12-14(3)8-9-17(15)29-20(24)19(18)22(26)28-11-7-5-2/h8-9,12,16,18H,4-7,10-11,24H2,1-3H3/t16-,18+/m0/s1. The van der Waals surface area contributed by atoms with E-state index in [4.69, 9.17) is 19.9 Å². The van der Waals surface area contributed by atoms with Gasteiger partial charge in [0.1, 0.15) is 11.3 Å². The topological polar surface area (TPSA) is 112 Å². The van der Waals surface area contributed by atoms with E-state index in [-0.39, 0.29) is 24.7 Å². The number of unbranched alkanes of at least 4 members (excludes halogenated alkanes) is 2. The van der Waals surface area contributed by atoms with E-state index >= 15 is 0 Å². The van der Waals surface area contributed by atoms with E-state index in [1.807, 2.05) is 32.9 Å². The SMILES string of the molecule is CCCCOC(=O)C1=C(N)Oc2ccc(C)cc2[C@@H]1[C@H](C#N)C(=O)OCCCC. The van der Waals surface area contributed by atoms with Crippen LogP contribution in [0, 0.1) is 24.2 Å². The smallest absolute Gasteiger partial charge is 0.340 e. The van der Waals surface area contributed by atoms with Gasteiger partial charge in [-0.15, -0.1) is 0 Å². The van der Waals surface area contributed by atoms with Gasteiger partial charge in [0.05, 0.1) is 25.2 Å². The molecule has 0 spiro atoms. The highest BCUT2D eigenvalue weighted by Gasteiger charge is 2.43. The molecule has 0 radical (unpaired) electrons. The molecule has 0 aromatic heterocycles. The van der Waals surface area contributed by atoms with Crippen molar-refractivity contribution in [1.82, 2.24) is 0 Å². The number of hydrogen-bond donors (Lipinski definition) is 1. The first kappa shape index (κ1) is 22.3. The van der Waals surface area contributed by atoms with Gasteiger partial charge in [-0.2, -0.15) is 5.26 Å². The molecule has 1 heterocycles. The Balaban J connectivity index is 2.45. The third kappa shape index (κ3) is 5.29. The van der Waals surface area contributed by atoms with Crippen molar-refractivity contribution >= 4 is 11.9 Å². The summed E-state index contributed by atoms with van der Waals surface area (Å²) >= 11 is 0. The molecule has 156 valence electrons. The molecular formula is C22H28N2O5. The molecule has 2 N–H and O–H groups in total. The first-order valence-corrected chi connectivity index (χ1v) is 9.95. The van der Waals surface area contributed by atoms with Crippen LogP contribution in [-0.4, -0.2) is 25.2 Å².